The van der Waals surface area contributed by atoms with Crippen LogP contribution in [0.4, 0.5) is 0 Å². The van der Waals surface area contributed by atoms with E-state index in [1.807, 2.05) is 29.7 Å². The molecule has 160 valence electrons. The number of hydrogen-bond donors (Lipinski definition) is 1. The van der Waals surface area contributed by atoms with Crippen molar-refractivity contribution in [2.24, 2.45) is 0 Å². The summed E-state index contributed by atoms with van der Waals surface area (Å²) in [6.07, 6.45) is 3.99. The number of rotatable bonds is 7. The minimum atomic E-state index is -0.383. The van der Waals surface area contributed by atoms with Crippen molar-refractivity contribution in [3.63, 3.8) is 0 Å². The number of hydrogen-bond acceptors (Lipinski definition) is 4. The molecule has 4 rings (SSSR count). The van der Waals surface area contributed by atoms with Crippen molar-refractivity contribution in [2.75, 3.05) is 6.54 Å². The number of aryl methyl sites for hydroxylation is 2. The van der Waals surface area contributed by atoms with Gasteiger partial charge >= 0.3 is 5.69 Å². The summed E-state index contributed by atoms with van der Waals surface area (Å²) in [5, 5.41) is 0.742. The molecule has 0 saturated carbocycles. The van der Waals surface area contributed by atoms with Crippen molar-refractivity contribution in [2.45, 2.75) is 65.2 Å². The summed E-state index contributed by atoms with van der Waals surface area (Å²) in [5.41, 5.74) is 1.44. The lowest BCUT2D eigenvalue weighted by Crippen LogP contribution is -2.31. The first-order valence-electron chi connectivity index (χ1n) is 10.7. The third kappa shape index (κ3) is 3.84. The summed E-state index contributed by atoms with van der Waals surface area (Å²) in [5.74, 6) is 0.822. The number of H-pyrrole nitrogens is 1. The van der Waals surface area contributed by atoms with Gasteiger partial charge in [-0.2, -0.15) is 0 Å². The van der Waals surface area contributed by atoms with Gasteiger partial charge in [-0.05, 0) is 50.4 Å². The van der Waals surface area contributed by atoms with Crippen LogP contribution in [0.2, 0.25) is 5.02 Å². The van der Waals surface area contributed by atoms with Crippen LogP contribution in [0.25, 0.3) is 11.2 Å². The Morgan fingerprint density at radius 3 is 2.80 bits per heavy atom. The number of unbranched alkanes of at least 4 members (excludes halogenated alkanes) is 1. The number of likely N-dealkylation sites (tertiary alicyclic amines) is 1. The second-order valence-electron chi connectivity index (χ2n) is 7.89. The molecular formula is C22H28ClN5O2. The van der Waals surface area contributed by atoms with Crippen LogP contribution in [0, 0.1) is 0 Å². The molecular weight excluding hydrogens is 402 g/mol. The first-order valence-corrected chi connectivity index (χ1v) is 11.1. The summed E-state index contributed by atoms with van der Waals surface area (Å²) in [6, 6.07) is 8.30. The molecule has 1 atom stereocenters. The van der Waals surface area contributed by atoms with Crippen molar-refractivity contribution in [1.29, 1.82) is 0 Å². The molecule has 3 heterocycles. The monoisotopic (exact) mass is 429 g/mol. The number of imidazole rings is 1. The maximum atomic E-state index is 12.6. The molecule has 1 fully saturated rings. The molecule has 1 N–H and O–H groups in total. The van der Waals surface area contributed by atoms with Gasteiger partial charge in [0.1, 0.15) is 5.82 Å². The Labute approximate surface area is 180 Å². The van der Waals surface area contributed by atoms with Crippen molar-refractivity contribution in [3.05, 3.63) is 61.5 Å². The van der Waals surface area contributed by atoms with Gasteiger partial charge in [-0.1, -0.05) is 37.1 Å². The molecule has 0 amide bonds. The maximum absolute atomic E-state index is 12.6. The smallest absolute Gasteiger partial charge is 0.321 e. The van der Waals surface area contributed by atoms with Gasteiger partial charge in [-0.15, -0.1) is 0 Å². The molecule has 0 bridgehead atoms. The van der Waals surface area contributed by atoms with Crippen LogP contribution in [-0.2, 0) is 19.6 Å². The minimum absolute atomic E-state index is 0.273. The lowest BCUT2D eigenvalue weighted by Gasteiger charge is -2.24. The van der Waals surface area contributed by atoms with Crippen molar-refractivity contribution < 1.29 is 0 Å². The van der Waals surface area contributed by atoms with Crippen LogP contribution in [0.15, 0.2) is 33.9 Å². The number of aromatic nitrogens is 4. The molecule has 30 heavy (non-hydrogen) atoms. The second-order valence-corrected chi connectivity index (χ2v) is 8.33. The van der Waals surface area contributed by atoms with Gasteiger partial charge in [0.25, 0.3) is 5.56 Å². The van der Waals surface area contributed by atoms with Crippen molar-refractivity contribution >= 4 is 22.8 Å². The van der Waals surface area contributed by atoms with Gasteiger partial charge in [-0.3, -0.25) is 19.2 Å². The number of benzene rings is 1. The fourth-order valence-electron chi connectivity index (χ4n) is 4.49. The van der Waals surface area contributed by atoms with E-state index in [-0.39, 0.29) is 17.3 Å². The van der Waals surface area contributed by atoms with Crippen molar-refractivity contribution in [1.82, 2.24) is 24.0 Å². The van der Waals surface area contributed by atoms with E-state index in [9.17, 15) is 9.59 Å². The number of aromatic amines is 1. The average Bonchev–Trinajstić information content (AvgIpc) is 3.32. The topological polar surface area (TPSA) is 75.9 Å². The third-order valence-corrected chi connectivity index (χ3v) is 6.19. The van der Waals surface area contributed by atoms with Crippen LogP contribution in [-0.4, -0.2) is 30.5 Å². The highest BCUT2D eigenvalue weighted by atomic mass is 35.5. The van der Waals surface area contributed by atoms with E-state index in [0.717, 1.165) is 43.1 Å². The average molecular weight is 430 g/mol. The molecule has 0 radical (unpaired) electrons. The van der Waals surface area contributed by atoms with Gasteiger partial charge in [-0.25, -0.2) is 9.78 Å². The summed E-state index contributed by atoms with van der Waals surface area (Å²) in [4.78, 5) is 34.7. The highest BCUT2D eigenvalue weighted by Crippen LogP contribution is 2.34. The quantitative estimate of drug-likeness (QED) is 0.621. The molecule has 3 aromatic rings. The summed E-state index contributed by atoms with van der Waals surface area (Å²) in [6.45, 7) is 6.84. The summed E-state index contributed by atoms with van der Waals surface area (Å²) < 4.78 is 3.55. The molecule has 7 nitrogen and oxygen atoms in total. The van der Waals surface area contributed by atoms with E-state index < -0.39 is 0 Å². The van der Waals surface area contributed by atoms with Gasteiger partial charge < -0.3 is 4.57 Å². The van der Waals surface area contributed by atoms with E-state index in [2.05, 4.69) is 22.9 Å². The zero-order valence-corrected chi connectivity index (χ0v) is 18.3. The molecule has 1 aliphatic rings. The number of nitrogens with zero attached hydrogens (tertiary/aromatic N) is 4. The second kappa shape index (κ2) is 8.78. The predicted molar refractivity (Wildman–Crippen MR) is 119 cm³/mol. The molecule has 0 aliphatic carbocycles. The van der Waals surface area contributed by atoms with Crippen LogP contribution in [0.1, 0.15) is 57.0 Å². The number of nitrogens with one attached hydrogen (secondary N) is 1. The van der Waals surface area contributed by atoms with Gasteiger partial charge in [0, 0.05) is 24.2 Å². The van der Waals surface area contributed by atoms with Crippen LogP contribution < -0.4 is 11.2 Å². The van der Waals surface area contributed by atoms with Crippen molar-refractivity contribution in [3.8, 4) is 0 Å². The standard InChI is InChI=1S/C22H28ClN5O2/c1-3-5-12-28-20-19(21(29)25-22(28)30)27(4-2)18(24-20)14-26-11-7-10-17(26)15-8-6-9-16(23)13-15/h6,8-9,13,17H,3-5,7,10-12,14H2,1-2H3,(H,25,29,30). The molecule has 0 spiro atoms. The number of halogens is 1. The van der Waals surface area contributed by atoms with E-state index in [1.54, 1.807) is 4.57 Å². The molecule has 1 aromatic carbocycles. The highest BCUT2D eigenvalue weighted by molar-refractivity contribution is 6.30. The summed E-state index contributed by atoms with van der Waals surface area (Å²) >= 11 is 6.22. The summed E-state index contributed by atoms with van der Waals surface area (Å²) in [7, 11) is 0. The zero-order chi connectivity index (χ0) is 21.3. The van der Waals surface area contributed by atoms with Gasteiger partial charge in [0.15, 0.2) is 11.2 Å². The van der Waals surface area contributed by atoms with E-state index >= 15 is 0 Å². The predicted octanol–water partition coefficient (Wildman–Crippen LogP) is 3.70. The Bertz CT molecular complexity index is 1160. The fraction of sp³-hybridized carbons (Fsp3) is 0.500. The zero-order valence-electron chi connectivity index (χ0n) is 17.5. The fourth-order valence-corrected chi connectivity index (χ4v) is 4.69. The molecule has 8 heteroatoms. The third-order valence-electron chi connectivity index (χ3n) is 5.96. The normalized spacial score (nSPS) is 17.2. The Balaban J connectivity index is 1.74. The van der Waals surface area contributed by atoms with Crippen LogP contribution in [0.5, 0.6) is 0 Å². The molecule has 1 unspecified atom stereocenters. The Morgan fingerprint density at radius 1 is 1.23 bits per heavy atom. The van der Waals surface area contributed by atoms with E-state index in [1.165, 1.54) is 5.56 Å². The lowest BCUT2D eigenvalue weighted by molar-refractivity contribution is 0.239. The Hall–Kier alpha value is -2.38. The Kier molecular flexibility index (Phi) is 6.11. The van der Waals surface area contributed by atoms with E-state index in [4.69, 9.17) is 16.6 Å². The molecule has 1 saturated heterocycles. The van der Waals surface area contributed by atoms with Crippen LogP contribution in [0.3, 0.4) is 0 Å². The SMILES string of the molecule is CCCCn1c(=O)[nH]c(=O)c2c1nc(CN1CCCC1c1cccc(Cl)c1)n2CC. The minimum Gasteiger partial charge on any atom is -0.321 e. The molecule has 2 aromatic heterocycles. The first-order chi connectivity index (χ1) is 14.5. The largest absolute Gasteiger partial charge is 0.330 e. The van der Waals surface area contributed by atoms with Gasteiger partial charge in [0.2, 0.25) is 0 Å². The highest BCUT2D eigenvalue weighted by Gasteiger charge is 2.28. The maximum Gasteiger partial charge on any atom is 0.330 e. The Morgan fingerprint density at radius 2 is 2.07 bits per heavy atom. The first kappa shape index (κ1) is 20.9. The lowest BCUT2D eigenvalue weighted by atomic mass is 10.0. The van der Waals surface area contributed by atoms with E-state index in [0.29, 0.717) is 30.8 Å². The van der Waals surface area contributed by atoms with Gasteiger partial charge in [0.05, 0.1) is 6.54 Å². The number of fused-ring (bicyclic) bond motifs is 1. The molecule has 1 aliphatic heterocycles. The van der Waals surface area contributed by atoms with Crippen LogP contribution >= 0.6 is 11.6 Å².